The van der Waals surface area contributed by atoms with Crippen LogP contribution in [-0.4, -0.2) is 36.3 Å². The molecule has 7 nitrogen and oxygen atoms in total. The minimum atomic E-state index is -3.32. The maximum Gasteiger partial charge on any atom is 0.258 e. The molecule has 5 rings (SSSR count). The van der Waals surface area contributed by atoms with E-state index in [-0.39, 0.29) is 10.8 Å². The van der Waals surface area contributed by atoms with E-state index >= 15 is 0 Å². The van der Waals surface area contributed by atoms with E-state index < -0.39 is 9.84 Å². The third kappa shape index (κ3) is 5.27. The van der Waals surface area contributed by atoms with Crippen LogP contribution in [0.1, 0.15) is 41.2 Å². The van der Waals surface area contributed by atoms with Crippen molar-refractivity contribution in [3.05, 3.63) is 107 Å². The third-order valence-corrected chi connectivity index (χ3v) is 7.64. The topological polar surface area (TPSA) is 112 Å². The summed E-state index contributed by atoms with van der Waals surface area (Å²) < 4.78 is 29.4. The average molecular weight is 525 g/mol. The van der Waals surface area contributed by atoms with Gasteiger partial charge in [-0.05, 0) is 84.1 Å². The number of sulfone groups is 1. The Hall–Kier alpha value is -4.14. The van der Waals surface area contributed by atoms with Crippen molar-refractivity contribution in [2.75, 3.05) is 12.8 Å². The highest BCUT2D eigenvalue weighted by Crippen LogP contribution is 2.33. The lowest BCUT2D eigenvalue weighted by molar-refractivity contribution is 0.403. The van der Waals surface area contributed by atoms with Crippen molar-refractivity contribution in [1.29, 1.82) is 0 Å². The Kier molecular flexibility index (Phi) is 6.93. The lowest BCUT2D eigenvalue weighted by atomic mass is 9.92. The lowest BCUT2D eigenvalue weighted by Gasteiger charge is -2.14. The molecule has 2 N–H and O–H groups in total. The number of rotatable bonds is 7. The Morgan fingerprint density at radius 2 is 1.84 bits per heavy atom. The van der Waals surface area contributed by atoms with Gasteiger partial charge in [-0.1, -0.05) is 48.5 Å². The predicted molar refractivity (Wildman–Crippen MR) is 150 cm³/mol. The minimum absolute atomic E-state index is 0.212. The lowest BCUT2D eigenvalue weighted by Crippen LogP contribution is -2.09. The number of hydrogen-bond acceptors (Lipinski definition) is 7. The van der Waals surface area contributed by atoms with Crippen molar-refractivity contribution in [3.8, 4) is 11.1 Å². The molecule has 0 bridgehead atoms. The summed E-state index contributed by atoms with van der Waals surface area (Å²) in [4.78, 5) is 9.35. The Labute approximate surface area is 222 Å². The number of nitrogens with two attached hydrogens (primary N) is 1. The summed E-state index contributed by atoms with van der Waals surface area (Å²) in [6, 6.07) is 23.2. The fourth-order valence-corrected chi connectivity index (χ4v) is 5.01. The zero-order valence-electron chi connectivity index (χ0n) is 21.4. The van der Waals surface area contributed by atoms with Gasteiger partial charge in [0.25, 0.3) is 5.89 Å². The second-order valence-corrected chi connectivity index (χ2v) is 11.4. The fraction of sp³-hybridized carbons (Fsp3) is 0.167. The van der Waals surface area contributed by atoms with Crippen molar-refractivity contribution >= 4 is 32.4 Å². The zero-order valence-corrected chi connectivity index (χ0v) is 22.2. The molecule has 0 saturated heterocycles. The summed E-state index contributed by atoms with van der Waals surface area (Å²) in [6.07, 6.45) is 4.96. The van der Waals surface area contributed by atoms with Crippen LogP contribution in [-0.2, 0) is 9.84 Å². The van der Waals surface area contributed by atoms with Crippen molar-refractivity contribution in [2.24, 2.45) is 5.73 Å². The molecule has 8 heteroatoms. The number of fused-ring (bicyclic) bond motifs is 1. The first-order valence-electron chi connectivity index (χ1n) is 12.2. The molecule has 0 radical (unpaired) electrons. The van der Waals surface area contributed by atoms with Gasteiger partial charge in [-0.3, -0.25) is 4.98 Å². The SMILES string of the molecule is Cc1noc(/C(=C\c2cccc(-c3cc(C(C)CN)cc4cccnc34)c2)c2ccc(S(C)(=O)=O)cc2)n1. The van der Waals surface area contributed by atoms with E-state index in [0.29, 0.717) is 23.8 Å². The smallest absolute Gasteiger partial charge is 0.258 e. The van der Waals surface area contributed by atoms with E-state index in [4.69, 9.17) is 10.3 Å². The maximum atomic E-state index is 12.0. The van der Waals surface area contributed by atoms with E-state index in [1.807, 2.05) is 24.3 Å². The summed E-state index contributed by atoms with van der Waals surface area (Å²) in [5.74, 6) is 1.07. The van der Waals surface area contributed by atoms with Crippen LogP contribution < -0.4 is 5.73 Å². The van der Waals surface area contributed by atoms with Crippen LogP contribution in [0.2, 0.25) is 0 Å². The summed E-state index contributed by atoms with van der Waals surface area (Å²) in [5, 5.41) is 5.02. The Bertz CT molecular complexity index is 1760. The van der Waals surface area contributed by atoms with Crippen LogP contribution in [0.5, 0.6) is 0 Å². The fourth-order valence-electron chi connectivity index (χ4n) is 4.38. The molecular weight excluding hydrogens is 496 g/mol. The number of aromatic nitrogens is 3. The van der Waals surface area contributed by atoms with Gasteiger partial charge < -0.3 is 10.3 Å². The first-order valence-corrected chi connectivity index (χ1v) is 14.1. The van der Waals surface area contributed by atoms with Crippen LogP contribution in [0.4, 0.5) is 0 Å². The normalized spacial score (nSPS) is 13.1. The molecule has 3 aromatic carbocycles. The molecule has 1 atom stereocenters. The number of pyridine rings is 1. The van der Waals surface area contributed by atoms with Crippen LogP contribution in [0.3, 0.4) is 0 Å². The molecule has 2 heterocycles. The van der Waals surface area contributed by atoms with E-state index in [2.05, 4.69) is 52.4 Å². The molecular formula is C30H28N4O3S. The maximum absolute atomic E-state index is 12.0. The molecule has 0 aliphatic heterocycles. The van der Waals surface area contributed by atoms with Gasteiger partial charge in [0.2, 0.25) is 0 Å². The van der Waals surface area contributed by atoms with Crippen LogP contribution in [0.15, 0.2) is 88.4 Å². The molecule has 0 aliphatic carbocycles. The number of nitrogens with zero attached hydrogens (tertiary/aromatic N) is 3. The highest BCUT2D eigenvalue weighted by molar-refractivity contribution is 7.90. The van der Waals surface area contributed by atoms with Gasteiger partial charge in [0, 0.05) is 29.0 Å². The van der Waals surface area contributed by atoms with Crippen molar-refractivity contribution in [3.63, 3.8) is 0 Å². The molecule has 192 valence electrons. The highest BCUT2D eigenvalue weighted by Gasteiger charge is 2.16. The van der Waals surface area contributed by atoms with Gasteiger partial charge in [-0.2, -0.15) is 4.98 Å². The van der Waals surface area contributed by atoms with Gasteiger partial charge in [0.1, 0.15) is 0 Å². The number of aryl methyl sites for hydroxylation is 1. The summed E-state index contributed by atoms with van der Waals surface area (Å²) in [6.45, 7) is 4.43. The van der Waals surface area contributed by atoms with E-state index in [0.717, 1.165) is 38.7 Å². The molecule has 1 unspecified atom stereocenters. The molecule has 5 aromatic rings. The minimum Gasteiger partial charge on any atom is -0.334 e. The van der Waals surface area contributed by atoms with Crippen LogP contribution >= 0.6 is 0 Å². The Balaban J connectivity index is 1.64. The van der Waals surface area contributed by atoms with Gasteiger partial charge in [-0.25, -0.2) is 8.42 Å². The van der Waals surface area contributed by atoms with Crippen LogP contribution in [0.25, 0.3) is 33.7 Å². The van der Waals surface area contributed by atoms with Crippen LogP contribution in [0, 0.1) is 6.92 Å². The third-order valence-electron chi connectivity index (χ3n) is 6.51. The monoisotopic (exact) mass is 524 g/mol. The summed E-state index contributed by atoms with van der Waals surface area (Å²) in [7, 11) is -3.32. The van der Waals surface area contributed by atoms with E-state index in [9.17, 15) is 8.42 Å². The molecule has 2 aromatic heterocycles. The molecule has 38 heavy (non-hydrogen) atoms. The van der Waals surface area contributed by atoms with Gasteiger partial charge in [0.15, 0.2) is 15.7 Å². The molecule has 0 aliphatic rings. The second kappa shape index (κ2) is 10.3. The predicted octanol–water partition coefficient (Wildman–Crippen LogP) is 5.65. The van der Waals surface area contributed by atoms with Crippen molar-refractivity contribution < 1.29 is 12.9 Å². The zero-order chi connectivity index (χ0) is 26.9. The molecule has 0 fully saturated rings. The van der Waals surface area contributed by atoms with E-state index in [1.54, 1.807) is 37.4 Å². The number of hydrogen-bond donors (Lipinski definition) is 1. The molecule has 0 spiro atoms. The first kappa shape index (κ1) is 25.5. The Morgan fingerprint density at radius 3 is 2.53 bits per heavy atom. The standard InChI is InChI=1S/C30H28N4O3S/c1-19(18-31)25-16-24-8-5-13-32-29(24)27(17-25)23-7-4-6-21(14-23)15-28(30-33-20(2)34-37-30)22-9-11-26(12-10-22)38(3,35)36/h4-17,19H,18,31H2,1-3H3/b28-15-. The quantitative estimate of drug-likeness (QED) is 0.274. The molecule has 0 saturated carbocycles. The Morgan fingerprint density at radius 1 is 1.05 bits per heavy atom. The van der Waals surface area contributed by atoms with Crippen molar-refractivity contribution in [2.45, 2.75) is 24.7 Å². The van der Waals surface area contributed by atoms with E-state index in [1.165, 1.54) is 6.26 Å². The molecule has 0 amide bonds. The highest BCUT2D eigenvalue weighted by atomic mass is 32.2. The first-order chi connectivity index (χ1) is 18.2. The van der Waals surface area contributed by atoms with Crippen molar-refractivity contribution in [1.82, 2.24) is 15.1 Å². The number of benzene rings is 3. The summed E-state index contributed by atoms with van der Waals surface area (Å²) in [5.41, 5.74) is 12.5. The van der Waals surface area contributed by atoms with Gasteiger partial charge >= 0.3 is 0 Å². The largest absolute Gasteiger partial charge is 0.334 e. The summed E-state index contributed by atoms with van der Waals surface area (Å²) >= 11 is 0. The van der Waals surface area contributed by atoms with Gasteiger partial charge in [0.05, 0.1) is 10.4 Å². The second-order valence-electron chi connectivity index (χ2n) is 9.41. The average Bonchev–Trinajstić information content (AvgIpc) is 3.36. The van der Waals surface area contributed by atoms with Gasteiger partial charge in [-0.15, -0.1) is 0 Å².